The third kappa shape index (κ3) is 6.57. The van der Waals surface area contributed by atoms with E-state index in [1.54, 1.807) is 24.4 Å². The number of halogens is 3. The highest BCUT2D eigenvalue weighted by molar-refractivity contribution is 6.35. The van der Waals surface area contributed by atoms with E-state index in [-0.39, 0.29) is 6.61 Å². The average Bonchev–Trinajstić information content (AvgIpc) is 3.32. The zero-order valence-corrected chi connectivity index (χ0v) is 23.0. The van der Waals surface area contributed by atoms with Gasteiger partial charge in [0.2, 0.25) is 0 Å². The second-order valence-corrected chi connectivity index (χ2v) is 10.3. The molecule has 1 aliphatic rings. The molecular formula is C28H29Cl2FN6O2. The minimum atomic E-state index is -0.435. The molecular weight excluding hydrogens is 542 g/mol. The van der Waals surface area contributed by atoms with Gasteiger partial charge in [-0.15, -0.1) is 0 Å². The molecule has 4 aromatic rings. The number of hydrogen-bond acceptors (Lipinski definition) is 7. The predicted molar refractivity (Wildman–Crippen MR) is 151 cm³/mol. The highest BCUT2D eigenvalue weighted by atomic mass is 35.5. The summed E-state index contributed by atoms with van der Waals surface area (Å²) < 4.78 is 21.3. The number of aromatic amines is 1. The molecule has 1 atom stereocenters. The van der Waals surface area contributed by atoms with E-state index in [4.69, 9.17) is 33.0 Å². The number of aliphatic hydroxyl groups is 1. The highest BCUT2D eigenvalue weighted by Crippen LogP contribution is 2.34. The predicted octanol–water partition coefficient (Wildman–Crippen LogP) is 5.38. The molecule has 8 nitrogen and oxygen atoms in total. The molecule has 1 saturated heterocycles. The molecule has 204 valence electrons. The number of ether oxygens (including phenoxy) is 1. The summed E-state index contributed by atoms with van der Waals surface area (Å²) >= 11 is 12.6. The lowest BCUT2D eigenvalue weighted by Gasteiger charge is -2.34. The molecule has 0 saturated carbocycles. The van der Waals surface area contributed by atoms with Crippen LogP contribution in [0.2, 0.25) is 10.0 Å². The quantitative estimate of drug-likeness (QED) is 0.279. The maximum absolute atomic E-state index is 15.2. The summed E-state index contributed by atoms with van der Waals surface area (Å²) in [5.74, 6) is 0.133. The van der Waals surface area contributed by atoms with Crippen molar-refractivity contribution in [1.82, 2.24) is 30.0 Å². The zero-order valence-electron chi connectivity index (χ0n) is 21.4. The molecule has 1 aromatic carbocycles. The molecule has 0 bridgehead atoms. The topological polar surface area (TPSA) is 90.4 Å². The molecule has 4 heterocycles. The maximum Gasteiger partial charge on any atom is 0.134 e. The van der Waals surface area contributed by atoms with Gasteiger partial charge in [0.15, 0.2) is 0 Å². The number of benzene rings is 1. The van der Waals surface area contributed by atoms with Crippen molar-refractivity contribution in [3.8, 4) is 5.75 Å². The molecule has 0 spiro atoms. The van der Waals surface area contributed by atoms with E-state index >= 15 is 4.39 Å². The summed E-state index contributed by atoms with van der Waals surface area (Å²) in [6, 6.07) is 9.03. The van der Waals surface area contributed by atoms with Crippen LogP contribution in [-0.4, -0.2) is 74.4 Å². The Labute approximate surface area is 236 Å². The molecule has 3 aromatic heterocycles. The van der Waals surface area contributed by atoms with Crippen molar-refractivity contribution in [2.45, 2.75) is 19.6 Å². The summed E-state index contributed by atoms with van der Waals surface area (Å²) in [6.45, 7) is 7.12. The summed E-state index contributed by atoms with van der Waals surface area (Å²) in [4.78, 5) is 13.0. The second kappa shape index (κ2) is 12.4. The lowest BCUT2D eigenvalue weighted by atomic mass is 10.1. The average molecular weight is 571 g/mol. The Morgan fingerprint density at radius 3 is 2.54 bits per heavy atom. The number of rotatable bonds is 9. The maximum atomic E-state index is 15.2. The SMILES string of the molecule is CC(Oc1ccc2[nH]nc(/C=C(\F)c3ccc(CN4CCN(CCO)CC4)nc3)c2c1)c1c(Cl)cncc1Cl. The van der Waals surface area contributed by atoms with Crippen molar-refractivity contribution in [2.75, 3.05) is 39.3 Å². The molecule has 1 unspecified atom stereocenters. The summed E-state index contributed by atoms with van der Waals surface area (Å²) in [5, 5.41) is 17.9. The lowest BCUT2D eigenvalue weighted by Crippen LogP contribution is -2.46. The van der Waals surface area contributed by atoms with E-state index in [0.29, 0.717) is 51.1 Å². The number of hydrogen-bond donors (Lipinski definition) is 2. The minimum absolute atomic E-state index is 0.182. The molecule has 5 rings (SSSR count). The van der Waals surface area contributed by atoms with Crippen LogP contribution in [0.1, 0.15) is 35.5 Å². The van der Waals surface area contributed by atoms with Gasteiger partial charge in [0.25, 0.3) is 0 Å². The molecule has 0 aliphatic carbocycles. The fourth-order valence-electron chi connectivity index (χ4n) is 4.67. The fraction of sp³-hybridized carbons (Fsp3) is 0.321. The number of aromatic nitrogens is 4. The Bertz CT molecular complexity index is 1430. The van der Waals surface area contributed by atoms with Crippen molar-refractivity contribution in [3.05, 3.63) is 81.5 Å². The highest BCUT2D eigenvalue weighted by Gasteiger charge is 2.18. The van der Waals surface area contributed by atoms with Crippen molar-refractivity contribution in [2.24, 2.45) is 0 Å². The molecule has 2 N–H and O–H groups in total. The van der Waals surface area contributed by atoms with Gasteiger partial charge in [0, 0.05) is 80.4 Å². The Balaban J connectivity index is 1.27. The first kappa shape index (κ1) is 27.5. The first-order valence-corrected chi connectivity index (χ1v) is 13.5. The third-order valence-corrected chi connectivity index (χ3v) is 7.41. The zero-order chi connectivity index (χ0) is 27.4. The molecule has 11 heteroatoms. The number of fused-ring (bicyclic) bond motifs is 1. The van der Waals surface area contributed by atoms with Crippen LogP contribution in [0.4, 0.5) is 4.39 Å². The fourth-order valence-corrected chi connectivity index (χ4v) is 5.35. The molecule has 39 heavy (non-hydrogen) atoms. The number of nitrogens with zero attached hydrogens (tertiary/aromatic N) is 5. The first-order chi connectivity index (χ1) is 18.9. The van der Waals surface area contributed by atoms with Crippen LogP contribution in [-0.2, 0) is 6.54 Å². The van der Waals surface area contributed by atoms with E-state index in [1.165, 1.54) is 18.5 Å². The number of H-pyrrole nitrogens is 1. The van der Waals surface area contributed by atoms with Gasteiger partial charge in [-0.2, -0.15) is 5.10 Å². The Morgan fingerprint density at radius 1 is 1.10 bits per heavy atom. The van der Waals surface area contributed by atoms with E-state index in [1.807, 2.05) is 19.1 Å². The van der Waals surface area contributed by atoms with Crippen LogP contribution in [0.5, 0.6) is 5.75 Å². The molecule has 0 radical (unpaired) electrons. The number of nitrogens with one attached hydrogen (secondary N) is 1. The standard InChI is InChI=1S/C28H29Cl2FN6O2/c1-18(28-23(29)15-32-16-24(28)30)39-21-4-5-26-22(12-21)27(35-34-26)13-25(31)19-2-3-20(33-14-19)17-37-8-6-36(7-9-37)10-11-38/h2-5,12-16,18,38H,6-11,17H2,1H3,(H,34,35)/b25-13-. The monoisotopic (exact) mass is 570 g/mol. The van der Waals surface area contributed by atoms with Crippen molar-refractivity contribution in [1.29, 1.82) is 0 Å². The van der Waals surface area contributed by atoms with Gasteiger partial charge < -0.3 is 9.84 Å². The van der Waals surface area contributed by atoms with Gasteiger partial charge in [-0.25, -0.2) is 4.39 Å². The molecule has 1 fully saturated rings. The lowest BCUT2D eigenvalue weighted by molar-refractivity contribution is 0.107. The third-order valence-electron chi connectivity index (χ3n) is 6.80. The molecule has 1 aliphatic heterocycles. The summed E-state index contributed by atoms with van der Waals surface area (Å²) in [6.07, 6.45) is 5.56. The summed E-state index contributed by atoms with van der Waals surface area (Å²) in [7, 11) is 0. The van der Waals surface area contributed by atoms with Gasteiger partial charge in [0.1, 0.15) is 17.7 Å². The minimum Gasteiger partial charge on any atom is -0.486 e. The van der Waals surface area contributed by atoms with Crippen LogP contribution < -0.4 is 4.74 Å². The Hall–Kier alpha value is -3.08. The van der Waals surface area contributed by atoms with Crippen LogP contribution in [0.25, 0.3) is 22.8 Å². The normalized spacial score (nSPS) is 16.1. The number of β-amino-alcohol motifs (C(OH)–C–C–N with tert-alkyl or cyclic N) is 1. The van der Waals surface area contributed by atoms with Crippen molar-refractivity contribution < 1.29 is 14.2 Å². The molecule has 0 amide bonds. The van der Waals surface area contributed by atoms with E-state index in [0.717, 1.165) is 37.4 Å². The first-order valence-electron chi connectivity index (χ1n) is 12.7. The van der Waals surface area contributed by atoms with Gasteiger partial charge in [0.05, 0.1) is 33.6 Å². The number of aliphatic hydroxyl groups excluding tert-OH is 1. The van der Waals surface area contributed by atoms with E-state index in [9.17, 15) is 0 Å². The van der Waals surface area contributed by atoms with Gasteiger partial charge in [-0.05, 0) is 37.3 Å². The van der Waals surface area contributed by atoms with E-state index in [2.05, 4.69) is 30.0 Å². The second-order valence-electron chi connectivity index (χ2n) is 9.47. The number of pyridine rings is 2. The van der Waals surface area contributed by atoms with Crippen LogP contribution in [0.15, 0.2) is 48.9 Å². The van der Waals surface area contributed by atoms with Crippen molar-refractivity contribution in [3.63, 3.8) is 0 Å². The Morgan fingerprint density at radius 2 is 1.85 bits per heavy atom. The van der Waals surface area contributed by atoms with Crippen LogP contribution in [0.3, 0.4) is 0 Å². The van der Waals surface area contributed by atoms with Crippen LogP contribution >= 0.6 is 23.2 Å². The van der Waals surface area contributed by atoms with Crippen molar-refractivity contribution >= 4 is 46.0 Å². The Kier molecular flexibility index (Phi) is 8.74. The van der Waals surface area contributed by atoms with E-state index < -0.39 is 11.9 Å². The number of piperazine rings is 1. The van der Waals surface area contributed by atoms with Gasteiger partial charge in [-0.3, -0.25) is 24.9 Å². The largest absolute Gasteiger partial charge is 0.486 e. The smallest absolute Gasteiger partial charge is 0.134 e. The van der Waals surface area contributed by atoms with Crippen LogP contribution in [0, 0.1) is 0 Å². The van der Waals surface area contributed by atoms with Gasteiger partial charge >= 0.3 is 0 Å². The summed E-state index contributed by atoms with van der Waals surface area (Å²) in [5.41, 5.74) is 3.11. The van der Waals surface area contributed by atoms with Gasteiger partial charge in [-0.1, -0.05) is 23.2 Å².